The zero-order chi connectivity index (χ0) is 22.9. The van der Waals surface area contributed by atoms with Crippen molar-refractivity contribution in [2.24, 2.45) is 0 Å². The molecular weight excluding hydrogens is 556 g/mol. The molecule has 0 aliphatic carbocycles. The molecule has 1 aromatic heterocycles. The van der Waals surface area contributed by atoms with Gasteiger partial charge in [0.15, 0.2) is 6.79 Å². The lowest BCUT2D eigenvalue weighted by Gasteiger charge is -2.21. The Kier molecular flexibility index (Phi) is 6.14. The van der Waals surface area contributed by atoms with Crippen molar-refractivity contribution in [1.82, 2.24) is 0 Å². The Bertz CT molecular complexity index is 1410. The van der Waals surface area contributed by atoms with Gasteiger partial charge in [-0.05, 0) is 59.3 Å². The fraction of sp³-hybridized carbons (Fsp3) is 0.160. The summed E-state index contributed by atoms with van der Waals surface area (Å²) in [6.45, 7) is 2.70. The summed E-state index contributed by atoms with van der Waals surface area (Å²) in [7, 11) is 0. The third-order valence-electron chi connectivity index (χ3n) is 5.18. The van der Waals surface area contributed by atoms with E-state index in [4.69, 9.17) is 23.4 Å². The molecule has 0 N–H and O–H groups in total. The van der Waals surface area contributed by atoms with E-state index in [-0.39, 0.29) is 18.0 Å². The number of para-hydroxylation sites is 1. The van der Waals surface area contributed by atoms with Crippen molar-refractivity contribution in [3.8, 4) is 23.0 Å². The molecule has 168 valence electrons. The molecule has 0 bridgehead atoms. The molecule has 6 nitrogen and oxygen atoms in total. The summed E-state index contributed by atoms with van der Waals surface area (Å²) < 4.78 is 30.5. The summed E-state index contributed by atoms with van der Waals surface area (Å²) in [5.74, 6) is 2.43. The number of hydrogen-bond donors (Lipinski definition) is 0. The lowest BCUT2D eigenvalue weighted by atomic mass is 10.1. The number of fused-ring (bicyclic) bond motifs is 2. The Hall–Kier alpha value is -2.81. The molecule has 0 saturated carbocycles. The monoisotopic (exact) mass is 572 g/mol. The maximum absolute atomic E-state index is 13.1. The summed E-state index contributed by atoms with van der Waals surface area (Å²) in [5.41, 5.74) is 2.05. The van der Waals surface area contributed by atoms with Gasteiger partial charge >= 0.3 is 0 Å². The fourth-order valence-corrected chi connectivity index (χ4v) is 4.56. The van der Waals surface area contributed by atoms with E-state index in [1.807, 2.05) is 30.3 Å². The molecule has 1 aliphatic rings. The Morgan fingerprint density at radius 1 is 1.06 bits per heavy atom. The summed E-state index contributed by atoms with van der Waals surface area (Å²) in [6, 6.07) is 16.4. The standard InChI is InChI=1S/C25H18Br2O6/c1-14-24(33-21-5-3-2-4-20(21)27)23(28)19-7-6-18(10-22(19)32-14)30-12-16-9-17(26)8-15-11-29-13-31-25(15)16/h2-10H,11-13H2,1H3. The highest BCUT2D eigenvalue weighted by Crippen LogP contribution is 2.34. The van der Waals surface area contributed by atoms with E-state index < -0.39 is 0 Å². The van der Waals surface area contributed by atoms with Crippen molar-refractivity contribution in [3.05, 3.63) is 90.7 Å². The van der Waals surface area contributed by atoms with Crippen LogP contribution in [0.5, 0.6) is 23.0 Å². The Morgan fingerprint density at radius 2 is 1.91 bits per heavy atom. The second-order valence-electron chi connectivity index (χ2n) is 7.46. The molecule has 2 heterocycles. The van der Waals surface area contributed by atoms with E-state index in [9.17, 15) is 4.79 Å². The van der Waals surface area contributed by atoms with Crippen LogP contribution in [-0.2, 0) is 18.0 Å². The first-order chi connectivity index (χ1) is 16.0. The molecule has 0 unspecified atom stereocenters. The van der Waals surface area contributed by atoms with Crippen LogP contribution >= 0.6 is 31.9 Å². The van der Waals surface area contributed by atoms with Gasteiger partial charge < -0.3 is 23.4 Å². The lowest BCUT2D eigenvalue weighted by molar-refractivity contribution is -0.0176. The van der Waals surface area contributed by atoms with Crippen molar-refractivity contribution in [2.45, 2.75) is 20.1 Å². The zero-order valence-electron chi connectivity index (χ0n) is 17.5. The molecule has 5 rings (SSSR count). The highest BCUT2D eigenvalue weighted by atomic mass is 79.9. The zero-order valence-corrected chi connectivity index (χ0v) is 20.7. The van der Waals surface area contributed by atoms with Gasteiger partial charge in [-0.25, -0.2) is 0 Å². The van der Waals surface area contributed by atoms with Crippen molar-refractivity contribution in [2.75, 3.05) is 6.79 Å². The van der Waals surface area contributed by atoms with Crippen LogP contribution in [0.1, 0.15) is 16.9 Å². The van der Waals surface area contributed by atoms with Gasteiger partial charge in [-0.15, -0.1) is 0 Å². The predicted molar refractivity (Wildman–Crippen MR) is 130 cm³/mol. The minimum absolute atomic E-state index is 0.156. The van der Waals surface area contributed by atoms with E-state index in [0.29, 0.717) is 41.4 Å². The molecule has 8 heteroatoms. The fourth-order valence-electron chi connectivity index (χ4n) is 3.64. The van der Waals surface area contributed by atoms with Crippen LogP contribution < -0.4 is 19.6 Å². The third kappa shape index (κ3) is 4.51. The number of ether oxygens (including phenoxy) is 4. The number of rotatable bonds is 5. The topological polar surface area (TPSA) is 67.1 Å². The van der Waals surface area contributed by atoms with Crippen molar-refractivity contribution >= 4 is 42.8 Å². The van der Waals surface area contributed by atoms with Crippen LogP contribution in [0, 0.1) is 6.92 Å². The molecule has 1 aliphatic heterocycles. The van der Waals surface area contributed by atoms with Crippen LogP contribution in [0.25, 0.3) is 11.0 Å². The van der Waals surface area contributed by atoms with Crippen molar-refractivity contribution in [1.29, 1.82) is 0 Å². The maximum atomic E-state index is 13.1. The van der Waals surface area contributed by atoms with E-state index >= 15 is 0 Å². The molecular formula is C25H18Br2O6. The van der Waals surface area contributed by atoms with Gasteiger partial charge in [0, 0.05) is 21.7 Å². The third-order valence-corrected chi connectivity index (χ3v) is 6.29. The van der Waals surface area contributed by atoms with Crippen LogP contribution in [0.4, 0.5) is 0 Å². The molecule has 0 amide bonds. The first-order valence-corrected chi connectivity index (χ1v) is 11.7. The largest absolute Gasteiger partial charge is 0.489 e. The molecule has 0 saturated heterocycles. The van der Waals surface area contributed by atoms with E-state index in [1.54, 1.807) is 31.2 Å². The quantitative estimate of drug-likeness (QED) is 0.260. The minimum Gasteiger partial charge on any atom is -0.489 e. The molecule has 4 aromatic rings. The van der Waals surface area contributed by atoms with Crippen molar-refractivity contribution < 1.29 is 23.4 Å². The van der Waals surface area contributed by atoms with Gasteiger partial charge in [-0.1, -0.05) is 28.1 Å². The van der Waals surface area contributed by atoms with Gasteiger partial charge in [-0.2, -0.15) is 0 Å². The predicted octanol–water partition coefficient (Wildman–Crippen LogP) is 6.86. The van der Waals surface area contributed by atoms with Crippen LogP contribution in [0.2, 0.25) is 0 Å². The first-order valence-electron chi connectivity index (χ1n) is 10.1. The smallest absolute Gasteiger partial charge is 0.235 e. The SMILES string of the molecule is Cc1oc2cc(OCc3cc(Br)cc4c3OCOC4)ccc2c(=O)c1Oc1ccccc1Br. The highest BCUT2D eigenvalue weighted by molar-refractivity contribution is 9.10. The second-order valence-corrected chi connectivity index (χ2v) is 9.23. The average Bonchev–Trinajstić information content (AvgIpc) is 2.81. The molecule has 0 fully saturated rings. The van der Waals surface area contributed by atoms with Gasteiger partial charge in [0.05, 0.1) is 16.5 Å². The van der Waals surface area contributed by atoms with E-state index in [2.05, 4.69) is 31.9 Å². The Balaban J connectivity index is 1.42. The summed E-state index contributed by atoms with van der Waals surface area (Å²) in [4.78, 5) is 13.1. The molecule has 33 heavy (non-hydrogen) atoms. The molecule has 0 radical (unpaired) electrons. The van der Waals surface area contributed by atoms with Gasteiger partial charge in [0.2, 0.25) is 11.2 Å². The van der Waals surface area contributed by atoms with E-state index in [0.717, 1.165) is 25.8 Å². The van der Waals surface area contributed by atoms with Gasteiger partial charge in [-0.3, -0.25) is 4.79 Å². The second kappa shape index (κ2) is 9.21. The summed E-state index contributed by atoms with van der Waals surface area (Å²) in [6.07, 6.45) is 0. The number of halogens is 2. The first kappa shape index (κ1) is 22.0. The summed E-state index contributed by atoms with van der Waals surface area (Å²) in [5, 5.41) is 0.412. The van der Waals surface area contributed by atoms with Gasteiger partial charge in [0.1, 0.15) is 35.2 Å². The maximum Gasteiger partial charge on any atom is 0.235 e. The minimum atomic E-state index is -0.245. The van der Waals surface area contributed by atoms with Crippen LogP contribution in [0.15, 0.2) is 72.8 Å². The normalized spacial score (nSPS) is 12.8. The lowest BCUT2D eigenvalue weighted by Crippen LogP contribution is -2.14. The molecule has 3 aromatic carbocycles. The van der Waals surface area contributed by atoms with Gasteiger partial charge in [0.25, 0.3) is 0 Å². The van der Waals surface area contributed by atoms with Crippen LogP contribution in [0.3, 0.4) is 0 Å². The molecule has 0 atom stereocenters. The Labute approximate surface area is 206 Å². The number of aryl methyl sites for hydroxylation is 1. The van der Waals surface area contributed by atoms with Crippen molar-refractivity contribution in [3.63, 3.8) is 0 Å². The van der Waals surface area contributed by atoms with E-state index in [1.165, 1.54) is 0 Å². The van der Waals surface area contributed by atoms with Crippen LogP contribution in [-0.4, -0.2) is 6.79 Å². The molecule has 0 spiro atoms. The number of benzene rings is 3. The average molecular weight is 574 g/mol. The Morgan fingerprint density at radius 3 is 2.76 bits per heavy atom. The number of hydrogen-bond acceptors (Lipinski definition) is 6. The highest BCUT2D eigenvalue weighted by Gasteiger charge is 2.18. The summed E-state index contributed by atoms with van der Waals surface area (Å²) >= 11 is 6.95.